The molecule has 0 aliphatic heterocycles. The Morgan fingerprint density at radius 1 is 1.04 bits per heavy atom. The van der Waals surface area contributed by atoms with E-state index in [1.807, 2.05) is 27.7 Å². The van der Waals surface area contributed by atoms with E-state index in [0.29, 0.717) is 19.4 Å². The molecule has 2 N–H and O–H groups in total. The van der Waals surface area contributed by atoms with Gasteiger partial charge >= 0.3 is 6.18 Å². The van der Waals surface area contributed by atoms with E-state index < -0.39 is 17.3 Å². The number of halogens is 3. The summed E-state index contributed by atoms with van der Waals surface area (Å²) in [5.74, 6) is 0. The summed E-state index contributed by atoms with van der Waals surface area (Å²) < 4.78 is 38.0. The quantitative estimate of drug-likeness (QED) is 0.702. The van der Waals surface area contributed by atoms with Crippen LogP contribution >= 0.6 is 0 Å². The Kier molecular flexibility index (Phi) is 6.88. The molecule has 0 aliphatic rings. The van der Waals surface area contributed by atoms with Crippen LogP contribution in [0.25, 0.3) is 0 Å². The molecule has 0 spiro atoms. The van der Waals surface area contributed by atoms with E-state index in [9.17, 15) is 18.3 Å². The zero-order valence-corrected chi connectivity index (χ0v) is 15.3. The molecule has 2 nitrogen and oxygen atoms in total. The largest absolute Gasteiger partial charge is 0.416 e. The number of nitrogens with one attached hydrogen (secondary N) is 1. The zero-order chi connectivity index (χ0) is 18.6. The Balaban J connectivity index is 2.62. The minimum absolute atomic E-state index is 0.204. The SMILES string of the molecule is CCC(C)(O)CCNC(C)CC(C)(C)c1ccc(C(F)(F)F)cc1. The second kappa shape index (κ2) is 7.87. The van der Waals surface area contributed by atoms with Gasteiger partial charge in [-0.3, -0.25) is 0 Å². The van der Waals surface area contributed by atoms with Gasteiger partial charge in [0, 0.05) is 6.04 Å². The van der Waals surface area contributed by atoms with Crippen LogP contribution in [0, 0.1) is 0 Å². The van der Waals surface area contributed by atoms with Gasteiger partial charge in [-0.25, -0.2) is 0 Å². The van der Waals surface area contributed by atoms with E-state index in [1.165, 1.54) is 0 Å². The van der Waals surface area contributed by atoms with Gasteiger partial charge in [0.05, 0.1) is 11.2 Å². The van der Waals surface area contributed by atoms with Crippen molar-refractivity contribution >= 4 is 0 Å². The molecule has 5 heteroatoms. The first kappa shape index (κ1) is 21.0. The van der Waals surface area contributed by atoms with Crippen molar-refractivity contribution in [2.24, 2.45) is 0 Å². The molecule has 2 atom stereocenters. The van der Waals surface area contributed by atoms with E-state index >= 15 is 0 Å². The maximum Gasteiger partial charge on any atom is 0.416 e. The highest BCUT2D eigenvalue weighted by atomic mass is 19.4. The fourth-order valence-corrected chi connectivity index (χ4v) is 2.83. The van der Waals surface area contributed by atoms with Crippen LogP contribution in [0.2, 0.25) is 0 Å². The van der Waals surface area contributed by atoms with Crippen molar-refractivity contribution in [1.82, 2.24) is 5.32 Å². The minimum atomic E-state index is -4.30. The highest BCUT2D eigenvalue weighted by molar-refractivity contribution is 5.29. The fourth-order valence-electron chi connectivity index (χ4n) is 2.83. The molecule has 1 rings (SSSR count). The molecule has 0 radical (unpaired) electrons. The van der Waals surface area contributed by atoms with Gasteiger partial charge in [-0.05, 0) is 62.8 Å². The molecule has 1 aromatic carbocycles. The van der Waals surface area contributed by atoms with Crippen molar-refractivity contribution in [1.29, 1.82) is 0 Å². The molecule has 2 unspecified atom stereocenters. The average Bonchev–Trinajstić information content (AvgIpc) is 2.45. The molecule has 0 amide bonds. The monoisotopic (exact) mass is 345 g/mol. The van der Waals surface area contributed by atoms with E-state index in [0.717, 1.165) is 24.1 Å². The van der Waals surface area contributed by atoms with Crippen LogP contribution in [0.5, 0.6) is 0 Å². The second-order valence-electron chi connectivity index (χ2n) is 7.62. The zero-order valence-electron chi connectivity index (χ0n) is 15.3. The summed E-state index contributed by atoms with van der Waals surface area (Å²) in [6, 6.07) is 5.63. The predicted molar refractivity (Wildman–Crippen MR) is 92.1 cm³/mol. The number of benzene rings is 1. The second-order valence-corrected chi connectivity index (χ2v) is 7.62. The van der Waals surface area contributed by atoms with Gasteiger partial charge in [0.1, 0.15) is 0 Å². The standard InChI is InChI=1S/C19H30F3NO/c1-6-18(5,24)11-12-23-14(2)13-17(3,4)15-7-9-16(10-8-15)19(20,21)22/h7-10,14,23-24H,6,11-13H2,1-5H3. The molecule has 0 aromatic heterocycles. The molecule has 0 saturated heterocycles. The highest BCUT2D eigenvalue weighted by Crippen LogP contribution is 2.33. The molecule has 0 fully saturated rings. The van der Waals surface area contributed by atoms with Crippen molar-refractivity contribution in [3.05, 3.63) is 35.4 Å². The molecule has 0 heterocycles. The van der Waals surface area contributed by atoms with Gasteiger partial charge in [-0.2, -0.15) is 13.2 Å². The Morgan fingerprint density at radius 2 is 1.54 bits per heavy atom. The van der Waals surface area contributed by atoms with Crippen molar-refractivity contribution < 1.29 is 18.3 Å². The predicted octanol–water partition coefficient (Wildman–Crippen LogP) is 4.90. The molecular weight excluding hydrogens is 315 g/mol. The summed E-state index contributed by atoms with van der Waals surface area (Å²) in [4.78, 5) is 0. The number of rotatable bonds is 8. The van der Waals surface area contributed by atoms with E-state index in [-0.39, 0.29) is 11.5 Å². The normalized spacial score (nSPS) is 16.7. The van der Waals surface area contributed by atoms with Crippen molar-refractivity contribution in [2.45, 2.75) is 77.1 Å². The van der Waals surface area contributed by atoms with Gasteiger partial charge in [0.15, 0.2) is 0 Å². The lowest BCUT2D eigenvalue weighted by Gasteiger charge is -2.30. The molecule has 0 saturated carbocycles. The minimum Gasteiger partial charge on any atom is -0.390 e. The first-order valence-corrected chi connectivity index (χ1v) is 8.51. The van der Waals surface area contributed by atoms with Crippen LogP contribution in [-0.4, -0.2) is 23.3 Å². The number of alkyl halides is 3. The third-order valence-electron chi connectivity index (χ3n) is 4.73. The maximum absolute atomic E-state index is 12.7. The lowest BCUT2D eigenvalue weighted by molar-refractivity contribution is -0.137. The summed E-state index contributed by atoms with van der Waals surface area (Å²) in [5.41, 5.74) is -0.612. The first-order valence-electron chi connectivity index (χ1n) is 8.51. The molecular formula is C19H30F3NO. The maximum atomic E-state index is 12.7. The lowest BCUT2D eigenvalue weighted by atomic mass is 9.79. The molecule has 138 valence electrons. The van der Waals surface area contributed by atoms with Crippen LogP contribution in [-0.2, 0) is 11.6 Å². The Hall–Kier alpha value is -1.07. The average molecular weight is 345 g/mol. The van der Waals surface area contributed by atoms with Gasteiger partial charge in [-0.1, -0.05) is 32.9 Å². The Labute approximate surface area is 143 Å². The summed E-state index contributed by atoms with van der Waals surface area (Å²) in [6.45, 7) is 10.6. The van der Waals surface area contributed by atoms with Crippen molar-refractivity contribution in [2.75, 3.05) is 6.54 Å². The Bertz CT molecular complexity index is 506. The smallest absolute Gasteiger partial charge is 0.390 e. The highest BCUT2D eigenvalue weighted by Gasteiger charge is 2.31. The van der Waals surface area contributed by atoms with Crippen LogP contribution < -0.4 is 5.32 Å². The third-order valence-corrected chi connectivity index (χ3v) is 4.73. The van der Waals surface area contributed by atoms with Crippen LogP contribution in [0.3, 0.4) is 0 Å². The summed E-state index contributed by atoms with van der Waals surface area (Å²) >= 11 is 0. The number of hydrogen-bond acceptors (Lipinski definition) is 2. The summed E-state index contributed by atoms with van der Waals surface area (Å²) in [7, 11) is 0. The van der Waals surface area contributed by atoms with Gasteiger partial charge in [-0.15, -0.1) is 0 Å². The van der Waals surface area contributed by atoms with Crippen LogP contribution in [0.4, 0.5) is 13.2 Å². The van der Waals surface area contributed by atoms with Crippen LogP contribution in [0.15, 0.2) is 24.3 Å². The lowest BCUT2D eigenvalue weighted by Crippen LogP contribution is -2.37. The van der Waals surface area contributed by atoms with Gasteiger partial charge in [0.25, 0.3) is 0 Å². The van der Waals surface area contributed by atoms with E-state index in [2.05, 4.69) is 12.2 Å². The summed E-state index contributed by atoms with van der Waals surface area (Å²) in [5, 5.41) is 13.4. The van der Waals surface area contributed by atoms with E-state index in [4.69, 9.17) is 0 Å². The molecule has 0 aliphatic carbocycles. The van der Waals surface area contributed by atoms with Crippen molar-refractivity contribution in [3.63, 3.8) is 0 Å². The molecule has 1 aromatic rings. The third kappa shape index (κ3) is 6.44. The van der Waals surface area contributed by atoms with Gasteiger partial charge in [0.2, 0.25) is 0 Å². The number of hydrogen-bond donors (Lipinski definition) is 2. The topological polar surface area (TPSA) is 32.3 Å². The Morgan fingerprint density at radius 3 is 2.00 bits per heavy atom. The van der Waals surface area contributed by atoms with Crippen molar-refractivity contribution in [3.8, 4) is 0 Å². The number of aliphatic hydroxyl groups is 1. The van der Waals surface area contributed by atoms with Gasteiger partial charge < -0.3 is 10.4 Å². The molecule has 24 heavy (non-hydrogen) atoms. The van der Waals surface area contributed by atoms with Crippen LogP contribution in [0.1, 0.15) is 65.0 Å². The first-order chi connectivity index (χ1) is 10.9. The van der Waals surface area contributed by atoms with E-state index in [1.54, 1.807) is 12.1 Å². The molecule has 0 bridgehead atoms. The summed E-state index contributed by atoms with van der Waals surface area (Å²) in [6.07, 6.45) is -2.12. The fraction of sp³-hybridized carbons (Fsp3) is 0.684.